The number of nitrogens with zero attached hydrogens (tertiary/aromatic N) is 2. The van der Waals surface area contributed by atoms with Gasteiger partial charge >= 0.3 is 12.6 Å². The number of rotatable bonds is 5. The molecule has 0 fully saturated rings. The summed E-state index contributed by atoms with van der Waals surface area (Å²) in [5, 5.41) is 13.2. The molecule has 0 saturated heterocycles. The van der Waals surface area contributed by atoms with Gasteiger partial charge in [0.2, 0.25) is 5.88 Å². The molecule has 0 atom stereocenters. The Labute approximate surface area is 118 Å². The fourth-order valence-electron chi connectivity index (χ4n) is 1.88. The van der Waals surface area contributed by atoms with Gasteiger partial charge in [-0.2, -0.15) is 13.9 Å². The maximum atomic E-state index is 12.1. The Morgan fingerprint density at radius 2 is 1.95 bits per heavy atom. The molecule has 0 amide bonds. The molecule has 0 aliphatic heterocycles. The zero-order valence-corrected chi connectivity index (χ0v) is 11.2. The van der Waals surface area contributed by atoms with Crippen molar-refractivity contribution < 1.29 is 28.2 Å². The summed E-state index contributed by atoms with van der Waals surface area (Å²) in [7, 11) is 1.33. The van der Waals surface area contributed by atoms with Gasteiger partial charge in [-0.1, -0.05) is 0 Å². The maximum absolute atomic E-state index is 12.1. The molecule has 21 heavy (non-hydrogen) atoms. The van der Waals surface area contributed by atoms with E-state index in [9.17, 15) is 13.6 Å². The van der Waals surface area contributed by atoms with Crippen LogP contribution in [-0.2, 0) is 0 Å². The zero-order valence-electron chi connectivity index (χ0n) is 11.2. The number of aryl methyl sites for hydroxylation is 1. The monoisotopic (exact) mass is 298 g/mol. The summed E-state index contributed by atoms with van der Waals surface area (Å²) in [6, 6.07) is 5.60. The molecule has 2 aromatic rings. The summed E-state index contributed by atoms with van der Waals surface area (Å²) in [4.78, 5) is 11.2. The first-order chi connectivity index (χ1) is 9.93. The van der Waals surface area contributed by atoms with Crippen molar-refractivity contribution in [3.8, 4) is 17.3 Å². The predicted molar refractivity (Wildman–Crippen MR) is 68.4 cm³/mol. The highest BCUT2D eigenvalue weighted by molar-refractivity contribution is 5.91. The standard InChI is InChI=1S/C13H12F2N2O4/c1-7-10(12(18)19)11(20-2)17(16-7)8-3-5-9(6-4-8)21-13(14)15/h3-6,13H,1-2H3,(H,18,19). The minimum Gasteiger partial charge on any atom is -0.480 e. The topological polar surface area (TPSA) is 73.6 Å². The van der Waals surface area contributed by atoms with Crippen LogP contribution >= 0.6 is 0 Å². The van der Waals surface area contributed by atoms with Crippen LogP contribution in [0.3, 0.4) is 0 Å². The van der Waals surface area contributed by atoms with Crippen molar-refractivity contribution in [1.29, 1.82) is 0 Å². The fourth-order valence-corrected chi connectivity index (χ4v) is 1.88. The number of methoxy groups -OCH3 is 1. The lowest BCUT2D eigenvalue weighted by Gasteiger charge is -2.08. The summed E-state index contributed by atoms with van der Waals surface area (Å²) >= 11 is 0. The summed E-state index contributed by atoms with van der Waals surface area (Å²) in [5.74, 6) is -1.11. The molecule has 0 spiro atoms. The number of carboxylic acids is 1. The Hall–Kier alpha value is -2.64. The van der Waals surface area contributed by atoms with E-state index >= 15 is 0 Å². The lowest BCUT2D eigenvalue weighted by Crippen LogP contribution is -2.04. The number of ether oxygens (including phenoxy) is 2. The lowest BCUT2D eigenvalue weighted by atomic mass is 10.2. The summed E-state index contributed by atoms with van der Waals surface area (Å²) in [6.07, 6.45) is 0. The molecule has 1 N–H and O–H groups in total. The van der Waals surface area contributed by atoms with Gasteiger partial charge in [0.25, 0.3) is 0 Å². The molecule has 1 aromatic carbocycles. The van der Waals surface area contributed by atoms with E-state index in [0.717, 1.165) is 0 Å². The van der Waals surface area contributed by atoms with Crippen LogP contribution < -0.4 is 9.47 Å². The summed E-state index contributed by atoms with van der Waals surface area (Å²) < 4.78 is 34.8. The second kappa shape index (κ2) is 5.78. The van der Waals surface area contributed by atoms with Gasteiger partial charge in [-0.25, -0.2) is 9.48 Å². The number of aromatic nitrogens is 2. The molecule has 0 saturated carbocycles. The van der Waals surface area contributed by atoms with E-state index in [1.165, 1.54) is 43.0 Å². The Balaban J connectivity index is 2.42. The van der Waals surface area contributed by atoms with Gasteiger partial charge in [-0.05, 0) is 31.2 Å². The van der Waals surface area contributed by atoms with Crippen molar-refractivity contribution in [2.75, 3.05) is 7.11 Å². The molecule has 0 aliphatic carbocycles. The quantitative estimate of drug-likeness (QED) is 0.918. The number of carboxylic acid groups (broad SMARTS) is 1. The number of halogens is 2. The van der Waals surface area contributed by atoms with Crippen molar-refractivity contribution in [3.63, 3.8) is 0 Å². The number of hydrogen-bond donors (Lipinski definition) is 1. The van der Waals surface area contributed by atoms with E-state index in [1.54, 1.807) is 0 Å². The number of alkyl halides is 2. The smallest absolute Gasteiger partial charge is 0.387 e. The maximum Gasteiger partial charge on any atom is 0.387 e. The third-order valence-electron chi connectivity index (χ3n) is 2.73. The van der Waals surface area contributed by atoms with Crippen LogP contribution in [0.5, 0.6) is 11.6 Å². The van der Waals surface area contributed by atoms with Gasteiger partial charge in [-0.15, -0.1) is 0 Å². The minimum atomic E-state index is -2.91. The first-order valence-corrected chi connectivity index (χ1v) is 5.86. The zero-order chi connectivity index (χ0) is 15.6. The third-order valence-corrected chi connectivity index (χ3v) is 2.73. The van der Waals surface area contributed by atoms with Crippen LogP contribution in [0.15, 0.2) is 24.3 Å². The molecule has 1 aromatic heterocycles. The molecule has 0 aliphatic rings. The van der Waals surface area contributed by atoms with Crippen molar-refractivity contribution in [2.24, 2.45) is 0 Å². The number of hydrogen-bond acceptors (Lipinski definition) is 4. The number of carbonyl (C=O) groups is 1. The molecule has 0 bridgehead atoms. The average Bonchev–Trinajstić information content (AvgIpc) is 2.75. The van der Waals surface area contributed by atoms with E-state index in [1.807, 2.05) is 0 Å². The van der Waals surface area contributed by atoms with E-state index in [2.05, 4.69) is 9.84 Å². The van der Waals surface area contributed by atoms with Gasteiger partial charge in [0.15, 0.2) is 0 Å². The fraction of sp³-hybridized carbons (Fsp3) is 0.231. The second-order valence-electron chi connectivity index (χ2n) is 4.06. The van der Waals surface area contributed by atoms with E-state index < -0.39 is 12.6 Å². The van der Waals surface area contributed by atoms with Crippen LogP contribution in [-0.4, -0.2) is 34.6 Å². The molecule has 0 unspecified atom stereocenters. The Kier molecular flexibility index (Phi) is 4.06. The normalized spacial score (nSPS) is 10.7. The van der Waals surface area contributed by atoms with E-state index in [0.29, 0.717) is 5.69 Å². The van der Waals surface area contributed by atoms with Gasteiger partial charge in [0.1, 0.15) is 11.3 Å². The van der Waals surface area contributed by atoms with Crippen molar-refractivity contribution in [3.05, 3.63) is 35.5 Å². The van der Waals surface area contributed by atoms with Gasteiger partial charge in [0.05, 0.1) is 18.5 Å². The molecule has 2 rings (SSSR count). The minimum absolute atomic E-state index is 0.00458. The third kappa shape index (κ3) is 2.93. The number of aromatic carboxylic acids is 1. The molecule has 112 valence electrons. The Bertz CT molecular complexity index is 653. The van der Waals surface area contributed by atoms with Crippen LogP contribution in [0.2, 0.25) is 0 Å². The second-order valence-corrected chi connectivity index (χ2v) is 4.06. The highest BCUT2D eigenvalue weighted by atomic mass is 19.3. The molecule has 1 heterocycles. The summed E-state index contributed by atoms with van der Waals surface area (Å²) in [5.41, 5.74) is 0.696. The summed E-state index contributed by atoms with van der Waals surface area (Å²) in [6.45, 7) is -1.37. The number of benzene rings is 1. The SMILES string of the molecule is COc1c(C(=O)O)c(C)nn1-c1ccc(OC(F)F)cc1. The van der Waals surface area contributed by atoms with Gasteiger partial charge < -0.3 is 14.6 Å². The van der Waals surface area contributed by atoms with Crippen molar-refractivity contribution in [2.45, 2.75) is 13.5 Å². The highest BCUT2D eigenvalue weighted by Crippen LogP contribution is 2.26. The van der Waals surface area contributed by atoms with Crippen molar-refractivity contribution in [1.82, 2.24) is 9.78 Å². The van der Waals surface area contributed by atoms with Crippen LogP contribution in [0.25, 0.3) is 5.69 Å². The van der Waals surface area contributed by atoms with Crippen LogP contribution in [0.4, 0.5) is 8.78 Å². The van der Waals surface area contributed by atoms with E-state index in [-0.39, 0.29) is 22.9 Å². The van der Waals surface area contributed by atoms with Crippen LogP contribution in [0.1, 0.15) is 16.1 Å². The lowest BCUT2D eigenvalue weighted by molar-refractivity contribution is -0.0498. The predicted octanol–water partition coefficient (Wildman–Crippen LogP) is 2.49. The average molecular weight is 298 g/mol. The van der Waals surface area contributed by atoms with Crippen molar-refractivity contribution >= 4 is 5.97 Å². The molecule has 0 radical (unpaired) electrons. The molecular weight excluding hydrogens is 286 g/mol. The van der Waals surface area contributed by atoms with Gasteiger partial charge in [0, 0.05) is 0 Å². The first-order valence-electron chi connectivity index (χ1n) is 5.86. The molecule has 6 nitrogen and oxygen atoms in total. The largest absolute Gasteiger partial charge is 0.480 e. The Morgan fingerprint density at radius 3 is 2.43 bits per heavy atom. The molecule has 8 heteroatoms. The Morgan fingerprint density at radius 1 is 1.33 bits per heavy atom. The highest BCUT2D eigenvalue weighted by Gasteiger charge is 2.22. The molecular formula is C13H12F2N2O4. The van der Waals surface area contributed by atoms with Crippen LogP contribution in [0, 0.1) is 6.92 Å². The first kappa shape index (κ1) is 14.8. The van der Waals surface area contributed by atoms with E-state index in [4.69, 9.17) is 9.84 Å². The van der Waals surface area contributed by atoms with Gasteiger partial charge in [-0.3, -0.25) is 0 Å².